The van der Waals surface area contributed by atoms with Gasteiger partial charge in [0.25, 0.3) is 0 Å². The minimum atomic E-state index is 0.758. The van der Waals surface area contributed by atoms with E-state index in [1.807, 2.05) is 12.1 Å². The highest BCUT2D eigenvalue weighted by Gasteiger charge is 2.11. The molecule has 1 heterocycles. The molecule has 1 N–H and O–H groups in total. The number of hydrogen-bond acceptors (Lipinski definition) is 2. The van der Waals surface area contributed by atoms with Gasteiger partial charge in [0, 0.05) is 25.1 Å². The number of ether oxygens (including phenoxy) is 1. The molecule has 0 atom stereocenters. The summed E-state index contributed by atoms with van der Waals surface area (Å²) in [6.45, 7) is 1.64. The lowest BCUT2D eigenvalue weighted by Crippen LogP contribution is -2.00. The second-order valence-electron chi connectivity index (χ2n) is 3.30. The summed E-state index contributed by atoms with van der Waals surface area (Å²) < 4.78 is 5.42. The van der Waals surface area contributed by atoms with Crippen molar-refractivity contribution >= 4 is 5.69 Å². The molecule has 72 valence electrons. The molecule has 0 aromatic heterocycles. The van der Waals surface area contributed by atoms with Gasteiger partial charge in [-0.15, -0.1) is 12.3 Å². The molecule has 0 fully saturated rings. The van der Waals surface area contributed by atoms with Gasteiger partial charge in [-0.25, -0.2) is 0 Å². The Morgan fingerprint density at radius 3 is 3.29 bits per heavy atom. The summed E-state index contributed by atoms with van der Waals surface area (Å²) >= 11 is 0. The van der Waals surface area contributed by atoms with Crippen LogP contribution in [0.25, 0.3) is 0 Å². The highest BCUT2D eigenvalue weighted by Crippen LogP contribution is 2.27. The van der Waals surface area contributed by atoms with E-state index in [0.717, 1.165) is 37.4 Å². The van der Waals surface area contributed by atoms with Crippen LogP contribution in [0, 0.1) is 12.3 Å². The van der Waals surface area contributed by atoms with Gasteiger partial charge in [0.15, 0.2) is 0 Å². The Morgan fingerprint density at radius 2 is 2.43 bits per heavy atom. The molecule has 1 aromatic carbocycles. The van der Waals surface area contributed by atoms with Gasteiger partial charge in [-0.3, -0.25) is 0 Å². The van der Waals surface area contributed by atoms with Crippen LogP contribution in [-0.4, -0.2) is 13.2 Å². The molecule has 0 aliphatic carbocycles. The van der Waals surface area contributed by atoms with E-state index in [4.69, 9.17) is 11.2 Å². The fourth-order valence-corrected chi connectivity index (χ4v) is 1.58. The number of rotatable bonds is 3. The summed E-state index contributed by atoms with van der Waals surface area (Å²) in [6, 6.07) is 6.18. The molecule has 0 bridgehead atoms. The van der Waals surface area contributed by atoms with Crippen LogP contribution in [0.1, 0.15) is 12.0 Å². The lowest BCUT2D eigenvalue weighted by Gasteiger charge is -2.05. The van der Waals surface area contributed by atoms with Gasteiger partial charge in [0.2, 0.25) is 0 Å². The van der Waals surface area contributed by atoms with Crippen LogP contribution in [-0.2, 0) is 6.42 Å². The van der Waals surface area contributed by atoms with Crippen molar-refractivity contribution in [1.82, 2.24) is 0 Å². The van der Waals surface area contributed by atoms with Crippen LogP contribution in [0.15, 0.2) is 18.2 Å². The standard InChI is InChI=1S/C12H13NO/c1-2-3-7-13-11-4-5-12-10(9-11)6-8-14-12/h1,4-5,9,13H,3,6-8H2. The van der Waals surface area contributed by atoms with Crippen molar-refractivity contribution in [3.63, 3.8) is 0 Å². The number of hydrogen-bond donors (Lipinski definition) is 1. The molecule has 0 radical (unpaired) electrons. The largest absolute Gasteiger partial charge is 0.493 e. The average molecular weight is 187 g/mol. The van der Waals surface area contributed by atoms with Gasteiger partial charge in [-0.05, 0) is 23.8 Å². The zero-order valence-corrected chi connectivity index (χ0v) is 8.05. The molecule has 0 unspecified atom stereocenters. The number of terminal acetylenes is 1. The average Bonchev–Trinajstić information content (AvgIpc) is 2.65. The van der Waals surface area contributed by atoms with E-state index in [2.05, 4.69) is 17.3 Å². The predicted molar refractivity (Wildman–Crippen MR) is 57.6 cm³/mol. The second-order valence-corrected chi connectivity index (χ2v) is 3.30. The molecule has 2 nitrogen and oxygen atoms in total. The van der Waals surface area contributed by atoms with E-state index in [-0.39, 0.29) is 0 Å². The maximum absolute atomic E-state index is 5.42. The summed E-state index contributed by atoms with van der Waals surface area (Å²) in [7, 11) is 0. The first-order valence-electron chi connectivity index (χ1n) is 4.83. The van der Waals surface area contributed by atoms with Crippen LogP contribution in [0.5, 0.6) is 5.75 Å². The molecule has 0 saturated heterocycles. The van der Waals surface area contributed by atoms with Gasteiger partial charge in [0.05, 0.1) is 6.61 Å². The number of anilines is 1. The Labute approximate surface area is 84.3 Å². The Balaban J connectivity index is 2.02. The van der Waals surface area contributed by atoms with Crippen molar-refractivity contribution in [3.05, 3.63) is 23.8 Å². The quantitative estimate of drug-likeness (QED) is 0.577. The van der Waals surface area contributed by atoms with E-state index < -0.39 is 0 Å². The van der Waals surface area contributed by atoms with E-state index in [0.29, 0.717) is 0 Å². The maximum Gasteiger partial charge on any atom is 0.122 e. The van der Waals surface area contributed by atoms with Crippen molar-refractivity contribution in [2.45, 2.75) is 12.8 Å². The maximum atomic E-state index is 5.42. The smallest absolute Gasteiger partial charge is 0.122 e. The Kier molecular flexibility index (Phi) is 2.60. The summed E-state index contributed by atoms with van der Waals surface area (Å²) in [5.41, 5.74) is 2.42. The van der Waals surface area contributed by atoms with E-state index in [1.165, 1.54) is 5.56 Å². The molecular weight excluding hydrogens is 174 g/mol. The summed E-state index contributed by atoms with van der Waals surface area (Å²) in [4.78, 5) is 0. The number of nitrogens with one attached hydrogen (secondary N) is 1. The van der Waals surface area contributed by atoms with Crippen LogP contribution in [0.4, 0.5) is 5.69 Å². The highest BCUT2D eigenvalue weighted by molar-refractivity contribution is 5.52. The Bertz CT molecular complexity index is 365. The third kappa shape index (κ3) is 1.82. The van der Waals surface area contributed by atoms with Gasteiger partial charge in [-0.2, -0.15) is 0 Å². The minimum absolute atomic E-state index is 0.758. The lowest BCUT2D eigenvalue weighted by atomic mass is 10.1. The van der Waals surface area contributed by atoms with Crippen molar-refractivity contribution in [3.8, 4) is 18.1 Å². The van der Waals surface area contributed by atoms with Crippen molar-refractivity contribution in [2.75, 3.05) is 18.5 Å². The van der Waals surface area contributed by atoms with Crippen LogP contribution < -0.4 is 10.1 Å². The second kappa shape index (κ2) is 4.06. The fraction of sp³-hybridized carbons (Fsp3) is 0.333. The molecule has 1 aliphatic heterocycles. The number of benzene rings is 1. The van der Waals surface area contributed by atoms with Crippen molar-refractivity contribution < 1.29 is 4.74 Å². The minimum Gasteiger partial charge on any atom is -0.493 e. The third-order valence-corrected chi connectivity index (χ3v) is 2.29. The molecule has 0 saturated carbocycles. The van der Waals surface area contributed by atoms with Gasteiger partial charge in [-0.1, -0.05) is 0 Å². The lowest BCUT2D eigenvalue weighted by molar-refractivity contribution is 0.357. The molecule has 1 aliphatic rings. The summed E-state index contributed by atoms with van der Waals surface area (Å²) in [6.07, 6.45) is 6.94. The van der Waals surface area contributed by atoms with Crippen LogP contribution >= 0.6 is 0 Å². The first kappa shape index (κ1) is 8.96. The summed E-state index contributed by atoms with van der Waals surface area (Å²) in [5, 5.41) is 3.28. The molecular formula is C12H13NO. The molecule has 14 heavy (non-hydrogen) atoms. The van der Waals surface area contributed by atoms with Gasteiger partial charge < -0.3 is 10.1 Å². The van der Waals surface area contributed by atoms with Gasteiger partial charge >= 0.3 is 0 Å². The molecule has 0 amide bonds. The SMILES string of the molecule is C#CCCNc1ccc2c(c1)CCO2. The molecule has 2 heteroatoms. The summed E-state index contributed by atoms with van der Waals surface area (Å²) in [5.74, 6) is 3.62. The molecule has 1 aromatic rings. The highest BCUT2D eigenvalue weighted by atomic mass is 16.5. The Morgan fingerprint density at radius 1 is 1.50 bits per heavy atom. The van der Waals surface area contributed by atoms with E-state index in [1.54, 1.807) is 0 Å². The van der Waals surface area contributed by atoms with Gasteiger partial charge in [0.1, 0.15) is 5.75 Å². The van der Waals surface area contributed by atoms with Crippen molar-refractivity contribution in [2.24, 2.45) is 0 Å². The zero-order chi connectivity index (χ0) is 9.80. The normalized spacial score (nSPS) is 12.8. The van der Waals surface area contributed by atoms with E-state index in [9.17, 15) is 0 Å². The topological polar surface area (TPSA) is 21.3 Å². The monoisotopic (exact) mass is 187 g/mol. The predicted octanol–water partition coefficient (Wildman–Crippen LogP) is 2.06. The first-order chi connectivity index (χ1) is 6.90. The van der Waals surface area contributed by atoms with Crippen LogP contribution in [0.2, 0.25) is 0 Å². The Hall–Kier alpha value is -1.62. The zero-order valence-electron chi connectivity index (χ0n) is 8.05. The fourth-order valence-electron chi connectivity index (χ4n) is 1.58. The molecule has 2 rings (SSSR count). The van der Waals surface area contributed by atoms with Crippen LogP contribution in [0.3, 0.4) is 0 Å². The van der Waals surface area contributed by atoms with Crippen molar-refractivity contribution in [1.29, 1.82) is 0 Å². The number of fused-ring (bicyclic) bond motifs is 1. The van der Waals surface area contributed by atoms with E-state index >= 15 is 0 Å². The molecule has 0 spiro atoms. The third-order valence-electron chi connectivity index (χ3n) is 2.29. The first-order valence-corrected chi connectivity index (χ1v) is 4.83.